The van der Waals surface area contributed by atoms with Gasteiger partial charge in [0, 0.05) is 29.7 Å². The average molecular weight is 267 g/mol. The van der Waals surface area contributed by atoms with Crippen LogP contribution in [0.25, 0.3) is 0 Å². The van der Waals surface area contributed by atoms with Crippen LogP contribution in [0.2, 0.25) is 0 Å². The number of hydrogen-bond acceptors (Lipinski definition) is 3. The monoisotopic (exact) mass is 267 g/mol. The predicted molar refractivity (Wildman–Crippen MR) is 78.5 cm³/mol. The molecule has 1 unspecified atom stereocenters. The number of carbonyl (C=O) groups excluding carboxylic acids is 1. The highest BCUT2D eigenvalue weighted by atomic mass is 16.1. The molecule has 0 radical (unpaired) electrons. The average Bonchev–Trinajstić information content (AvgIpc) is 2.48. The van der Waals surface area contributed by atoms with Crippen LogP contribution < -0.4 is 11.1 Å². The van der Waals surface area contributed by atoms with Crippen molar-refractivity contribution in [1.82, 2.24) is 4.98 Å². The molecule has 1 amide bonds. The van der Waals surface area contributed by atoms with Crippen molar-refractivity contribution in [3.63, 3.8) is 0 Å². The predicted octanol–water partition coefficient (Wildman–Crippen LogP) is 2.67. The number of pyridine rings is 1. The zero-order valence-corrected chi connectivity index (χ0v) is 11.2. The summed E-state index contributed by atoms with van der Waals surface area (Å²) in [4.78, 5) is 16.2. The molecule has 4 nitrogen and oxygen atoms in total. The van der Waals surface area contributed by atoms with Gasteiger partial charge in [-0.1, -0.05) is 6.07 Å². The lowest BCUT2D eigenvalue weighted by molar-refractivity contribution is 0.102. The standard InChI is InChI=1S/C16H17N3O/c17-15-3-1-2-11-4-5-12(10-14(11)15)16(20)19-13-6-8-18-9-7-13/h4-10,15H,1-3,17H2,(H,18,19,20). The summed E-state index contributed by atoms with van der Waals surface area (Å²) in [6.45, 7) is 0. The first-order valence-electron chi connectivity index (χ1n) is 6.84. The van der Waals surface area contributed by atoms with E-state index in [-0.39, 0.29) is 11.9 Å². The summed E-state index contributed by atoms with van der Waals surface area (Å²) < 4.78 is 0. The zero-order chi connectivity index (χ0) is 13.9. The molecule has 20 heavy (non-hydrogen) atoms. The van der Waals surface area contributed by atoms with Gasteiger partial charge in [-0.3, -0.25) is 9.78 Å². The molecular formula is C16H17N3O. The Morgan fingerprint density at radius 3 is 2.85 bits per heavy atom. The molecule has 2 aromatic rings. The number of nitrogens with one attached hydrogen (secondary N) is 1. The van der Waals surface area contributed by atoms with Crippen LogP contribution in [-0.2, 0) is 6.42 Å². The van der Waals surface area contributed by atoms with E-state index in [9.17, 15) is 4.79 Å². The van der Waals surface area contributed by atoms with E-state index in [1.54, 1.807) is 24.5 Å². The fourth-order valence-corrected chi connectivity index (χ4v) is 2.62. The first-order chi connectivity index (χ1) is 9.74. The number of aromatic nitrogens is 1. The molecule has 3 rings (SSSR count). The van der Waals surface area contributed by atoms with E-state index in [1.807, 2.05) is 18.2 Å². The minimum atomic E-state index is -0.114. The molecule has 102 valence electrons. The van der Waals surface area contributed by atoms with Crippen LogP contribution in [0.4, 0.5) is 5.69 Å². The topological polar surface area (TPSA) is 68.0 Å². The highest BCUT2D eigenvalue weighted by molar-refractivity contribution is 6.04. The minimum absolute atomic E-state index is 0.0485. The van der Waals surface area contributed by atoms with Gasteiger partial charge in [0.25, 0.3) is 5.91 Å². The summed E-state index contributed by atoms with van der Waals surface area (Å²) in [6, 6.07) is 9.40. The normalized spacial score (nSPS) is 17.4. The molecule has 4 heteroatoms. The maximum Gasteiger partial charge on any atom is 0.255 e. The summed E-state index contributed by atoms with van der Waals surface area (Å²) in [6.07, 6.45) is 6.46. The summed E-state index contributed by atoms with van der Waals surface area (Å²) in [7, 11) is 0. The highest BCUT2D eigenvalue weighted by Gasteiger charge is 2.18. The number of aryl methyl sites for hydroxylation is 1. The van der Waals surface area contributed by atoms with Gasteiger partial charge < -0.3 is 11.1 Å². The Kier molecular flexibility index (Phi) is 3.48. The van der Waals surface area contributed by atoms with Crippen LogP contribution in [0.15, 0.2) is 42.7 Å². The Labute approximate surface area is 118 Å². The molecule has 3 N–H and O–H groups in total. The van der Waals surface area contributed by atoms with Crippen molar-refractivity contribution < 1.29 is 4.79 Å². The lowest BCUT2D eigenvalue weighted by atomic mass is 9.87. The van der Waals surface area contributed by atoms with Gasteiger partial charge in [-0.15, -0.1) is 0 Å². The molecule has 1 aliphatic rings. The fourth-order valence-electron chi connectivity index (χ4n) is 2.62. The van der Waals surface area contributed by atoms with Crippen LogP contribution in [0.3, 0.4) is 0 Å². The molecule has 0 aliphatic heterocycles. The second-order valence-corrected chi connectivity index (χ2v) is 5.10. The molecule has 0 fully saturated rings. The Balaban J connectivity index is 1.84. The smallest absolute Gasteiger partial charge is 0.255 e. The van der Waals surface area contributed by atoms with Gasteiger partial charge in [-0.25, -0.2) is 0 Å². The van der Waals surface area contributed by atoms with Gasteiger partial charge in [0.15, 0.2) is 0 Å². The van der Waals surface area contributed by atoms with Gasteiger partial charge in [0.05, 0.1) is 0 Å². The number of benzene rings is 1. The van der Waals surface area contributed by atoms with Gasteiger partial charge in [0.1, 0.15) is 0 Å². The van der Waals surface area contributed by atoms with Crippen LogP contribution in [0.5, 0.6) is 0 Å². The number of nitrogens with zero attached hydrogens (tertiary/aromatic N) is 1. The van der Waals surface area contributed by atoms with E-state index in [2.05, 4.69) is 10.3 Å². The largest absolute Gasteiger partial charge is 0.324 e. The molecule has 1 atom stereocenters. The van der Waals surface area contributed by atoms with Crippen molar-refractivity contribution >= 4 is 11.6 Å². The van der Waals surface area contributed by atoms with Crippen LogP contribution in [0.1, 0.15) is 40.4 Å². The van der Waals surface area contributed by atoms with Gasteiger partial charge in [-0.05, 0) is 54.7 Å². The quantitative estimate of drug-likeness (QED) is 0.879. The van der Waals surface area contributed by atoms with E-state index >= 15 is 0 Å². The van der Waals surface area contributed by atoms with Gasteiger partial charge in [0.2, 0.25) is 0 Å². The Bertz CT molecular complexity index is 625. The van der Waals surface area contributed by atoms with Crippen molar-refractivity contribution in [3.05, 3.63) is 59.4 Å². The Morgan fingerprint density at radius 2 is 2.05 bits per heavy atom. The van der Waals surface area contributed by atoms with Crippen LogP contribution in [-0.4, -0.2) is 10.9 Å². The number of carbonyl (C=O) groups is 1. The third kappa shape index (κ3) is 2.56. The molecule has 1 aliphatic carbocycles. The summed E-state index contributed by atoms with van der Waals surface area (Å²) in [5.74, 6) is -0.114. The van der Waals surface area contributed by atoms with E-state index < -0.39 is 0 Å². The maximum atomic E-state index is 12.2. The minimum Gasteiger partial charge on any atom is -0.324 e. The first kappa shape index (κ1) is 12.8. The fraction of sp³-hybridized carbons (Fsp3) is 0.250. The molecule has 1 aromatic carbocycles. The lowest BCUT2D eigenvalue weighted by Crippen LogP contribution is -2.19. The van der Waals surface area contributed by atoms with E-state index in [0.717, 1.165) is 30.5 Å². The van der Waals surface area contributed by atoms with E-state index in [1.165, 1.54) is 5.56 Å². The number of fused-ring (bicyclic) bond motifs is 1. The molecule has 0 bridgehead atoms. The number of hydrogen-bond donors (Lipinski definition) is 2. The highest BCUT2D eigenvalue weighted by Crippen LogP contribution is 2.28. The third-order valence-electron chi connectivity index (χ3n) is 3.71. The summed E-state index contributed by atoms with van der Waals surface area (Å²) in [5, 5.41) is 2.86. The van der Waals surface area contributed by atoms with Crippen molar-refractivity contribution in [1.29, 1.82) is 0 Å². The number of rotatable bonds is 2. The van der Waals surface area contributed by atoms with Gasteiger partial charge >= 0.3 is 0 Å². The first-order valence-corrected chi connectivity index (χ1v) is 6.84. The molecule has 0 spiro atoms. The van der Waals surface area contributed by atoms with E-state index in [4.69, 9.17) is 5.73 Å². The molecule has 0 saturated carbocycles. The number of nitrogens with two attached hydrogens (primary N) is 1. The van der Waals surface area contributed by atoms with Crippen LogP contribution in [0, 0.1) is 0 Å². The zero-order valence-electron chi connectivity index (χ0n) is 11.2. The third-order valence-corrected chi connectivity index (χ3v) is 3.71. The molecule has 1 heterocycles. The summed E-state index contributed by atoms with van der Waals surface area (Å²) in [5.41, 5.74) is 9.90. The van der Waals surface area contributed by atoms with Crippen molar-refractivity contribution in [3.8, 4) is 0 Å². The lowest BCUT2D eigenvalue weighted by Gasteiger charge is -2.22. The van der Waals surface area contributed by atoms with Crippen molar-refractivity contribution in [2.75, 3.05) is 5.32 Å². The number of amides is 1. The molecule has 0 saturated heterocycles. The van der Waals surface area contributed by atoms with E-state index in [0.29, 0.717) is 5.56 Å². The summed E-state index contributed by atoms with van der Waals surface area (Å²) >= 11 is 0. The Hall–Kier alpha value is -2.20. The second kappa shape index (κ2) is 5.43. The van der Waals surface area contributed by atoms with Crippen LogP contribution >= 0.6 is 0 Å². The molecule has 1 aromatic heterocycles. The SMILES string of the molecule is NC1CCCc2ccc(C(=O)Nc3ccncc3)cc21. The Morgan fingerprint density at radius 1 is 1.25 bits per heavy atom. The molecular weight excluding hydrogens is 250 g/mol. The second-order valence-electron chi connectivity index (χ2n) is 5.10. The van der Waals surface area contributed by atoms with Crippen molar-refractivity contribution in [2.45, 2.75) is 25.3 Å². The van der Waals surface area contributed by atoms with Gasteiger partial charge in [-0.2, -0.15) is 0 Å². The number of anilines is 1. The van der Waals surface area contributed by atoms with Crippen molar-refractivity contribution in [2.24, 2.45) is 5.73 Å². The maximum absolute atomic E-state index is 12.2.